The first-order valence-corrected chi connectivity index (χ1v) is 9.03. The van der Waals surface area contributed by atoms with Crippen molar-refractivity contribution in [3.8, 4) is 11.1 Å². The molecular weight excluding hydrogens is 397 g/mol. The van der Waals surface area contributed by atoms with Crippen molar-refractivity contribution >= 4 is 40.5 Å². The summed E-state index contributed by atoms with van der Waals surface area (Å²) in [5, 5.41) is 6.11. The standard InChI is InChI=1S/C20H19ClFN5O2/c1-11(28)24-18-9-13(6-7-23-18)25-17-10-15(20(29)26-19(17)27(2)3)14-8-12(21)4-5-16(14)22/h4-10H,1-3H3,(H,26,29)(H2,23,24,25,28). The maximum absolute atomic E-state index is 14.3. The molecule has 3 rings (SSSR count). The highest BCUT2D eigenvalue weighted by atomic mass is 35.5. The molecule has 9 heteroatoms. The van der Waals surface area contributed by atoms with Gasteiger partial charge in [0.25, 0.3) is 5.56 Å². The van der Waals surface area contributed by atoms with E-state index in [1.807, 2.05) is 0 Å². The van der Waals surface area contributed by atoms with Gasteiger partial charge in [0.05, 0.1) is 11.3 Å². The molecule has 0 unspecified atom stereocenters. The number of nitrogens with zero attached hydrogens (tertiary/aromatic N) is 2. The average molecular weight is 416 g/mol. The lowest BCUT2D eigenvalue weighted by molar-refractivity contribution is -0.114. The van der Waals surface area contributed by atoms with E-state index in [0.717, 1.165) is 0 Å². The van der Waals surface area contributed by atoms with Gasteiger partial charge in [-0.25, -0.2) is 9.37 Å². The second-order valence-corrected chi connectivity index (χ2v) is 6.97. The lowest BCUT2D eigenvalue weighted by atomic mass is 10.1. The number of rotatable bonds is 5. The molecule has 7 nitrogen and oxygen atoms in total. The third kappa shape index (κ3) is 4.72. The summed E-state index contributed by atoms with van der Waals surface area (Å²) >= 11 is 5.99. The third-order valence-corrected chi connectivity index (χ3v) is 4.26. The van der Waals surface area contributed by atoms with Crippen molar-refractivity contribution in [3.63, 3.8) is 0 Å². The second kappa shape index (κ2) is 8.32. The van der Waals surface area contributed by atoms with Crippen LogP contribution in [0.4, 0.5) is 27.4 Å². The Labute approximate surface area is 171 Å². The lowest BCUT2D eigenvalue weighted by Crippen LogP contribution is -2.20. The molecule has 0 aliphatic rings. The topological polar surface area (TPSA) is 90.1 Å². The predicted octanol–water partition coefficient (Wildman–Crippen LogP) is 4.00. The van der Waals surface area contributed by atoms with Gasteiger partial charge in [0, 0.05) is 49.6 Å². The fourth-order valence-electron chi connectivity index (χ4n) is 2.78. The van der Waals surface area contributed by atoms with Gasteiger partial charge < -0.3 is 20.5 Å². The monoisotopic (exact) mass is 415 g/mol. The molecule has 1 amide bonds. The van der Waals surface area contributed by atoms with Gasteiger partial charge >= 0.3 is 0 Å². The van der Waals surface area contributed by atoms with Crippen LogP contribution in [0.25, 0.3) is 11.1 Å². The minimum Gasteiger partial charge on any atom is -0.362 e. The fraction of sp³-hybridized carbons (Fsp3) is 0.150. The Balaban J connectivity index is 2.09. The molecule has 0 fully saturated rings. The normalized spacial score (nSPS) is 10.5. The number of aromatic nitrogens is 2. The molecule has 29 heavy (non-hydrogen) atoms. The largest absolute Gasteiger partial charge is 0.362 e. The van der Waals surface area contributed by atoms with Crippen LogP contribution in [0.5, 0.6) is 0 Å². The van der Waals surface area contributed by atoms with Crippen LogP contribution in [-0.4, -0.2) is 30.0 Å². The van der Waals surface area contributed by atoms with Gasteiger partial charge in [-0.05, 0) is 30.3 Å². The summed E-state index contributed by atoms with van der Waals surface area (Å²) in [6.07, 6.45) is 1.53. The van der Waals surface area contributed by atoms with E-state index in [-0.39, 0.29) is 17.0 Å². The predicted molar refractivity (Wildman–Crippen MR) is 114 cm³/mol. The van der Waals surface area contributed by atoms with E-state index in [2.05, 4.69) is 20.6 Å². The van der Waals surface area contributed by atoms with Crippen molar-refractivity contribution in [2.45, 2.75) is 6.92 Å². The molecule has 2 heterocycles. The van der Waals surface area contributed by atoms with Crippen LogP contribution < -0.4 is 21.1 Å². The first-order chi connectivity index (χ1) is 13.7. The smallest absolute Gasteiger partial charge is 0.257 e. The van der Waals surface area contributed by atoms with E-state index >= 15 is 0 Å². The number of carbonyl (C=O) groups is 1. The highest BCUT2D eigenvalue weighted by Gasteiger charge is 2.15. The minimum atomic E-state index is -0.555. The number of carbonyl (C=O) groups excluding carboxylic acids is 1. The number of halogens is 2. The number of hydrogen-bond donors (Lipinski definition) is 3. The van der Waals surface area contributed by atoms with Gasteiger partial charge in [0.2, 0.25) is 5.91 Å². The molecule has 3 aromatic rings. The Bertz CT molecular complexity index is 1130. The SMILES string of the molecule is CC(=O)Nc1cc(Nc2cc(-c3cc(Cl)ccc3F)c(=O)[nH]c2N(C)C)ccn1. The number of hydrogen-bond acceptors (Lipinski definition) is 5. The Morgan fingerprint density at radius 1 is 1.17 bits per heavy atom. The summed E-state index contributed by atoms with van der Waals surface area (Å²) in [6.45, 7) is 1.39. The molecule has 0 radical (unpaired) electrons. The molecule has 1 aromatic carbocycles. The number of H-pyrrole nitrogens is 1. The van der Waals surface area contributed by atoms with Crippen molar-refractivity contribution in [2.75, 3.05) is 29.6 Å². The van der Waals surface area contributed by atoms with Crippen LogP contribution in [0.2, 0.25) is 5.02 Å². The van der Waals surface area contributed by atoms with E-state index < -0.39 is 11.4 Å². The maximum atomic E-state index is 14.3. The van der Waals surface area contributed by atoms with Crippen molar-refractivity contribution in [3.05, 3.63) is 63.8 Å². The molecule has 0 saturated carbocycles. The summed E-state index contributed by atoms with van der Waals surface area (Å²) < 4.78 is 14.3. The maximum Gasteiger partial charge on any atom is 0.257 e. The fourth-order valence-corrected chi connectivity index (χ4v) is 2.96. The molecule has 0 aliphatic carbocycles. The average Bonchev–Trinajstić information content (AvgIpc) is 2.64. The highest BCUT2D eigenvalue weighted by molar-refractivity contribution is 6.30. The molecule has 0 saturated heterocycles. The van der Waals surface area contributed by atoms with E-state index in [0.29, 0.717) is 28.0 Å². The number of pyridine rings is 2. The Hall–Kier alpha value is -3.39. The van der Waals surface area contributed by atoms with Crippen LogP contribution in [0.15, 0.2) is 47.4 Å². The summed E-state index contributed by atoms with van der Waals surface area (Å²) in [5.41, 5.74) is 0.935. The third-order valence-electron chi connectivity index (χ3n) is 4.03. The van der Waals surface area contributed by atoms with Gasteiger partial charge in [-0.1, -0.05) is 11.6 Å². The molecule has 3 N–H and O–H groups in total. The van der Waals surface area contributed by atoms with Gasteiger partial charge in [0.15, 0.2) is 0 Å². The Morgan fingerprint density at radius 2 is 1.93 bits per heavy atom. The minimum absolute atomic E-state index is 0.0979. The van der Waals surface area contributed by atoms with E-state index in [4.69, 9.17) is 11.6 Å². The molecule has 0 atom stereocenters. The van der Waals surface area contributed by atoms with Crippen LogP contribution in [0.1, 0.15) is 6.92 Å². The van der Waals surface area contributed by atoms with Crippen LogP contribution in [0.3, 0.4) is 0 Å². The Morgan fingerprint density at radius 3 is 2.62 bits per heavy atom. The number of nitrogens with one attached hydrogen (secondary N) is 3. The zero-order valence-electron chi connectivity index (χ0n) is 16.0. The summed E-state index contributed by atoms with van der Waals surface area (Å²) in [6, 6.07) is 8.94. The molecule has 0 bridgehead atoms. The van der Waals surface area contributed by atoms with E-state index in [1.54, 1.807) is 37.2 Å². The molecule has 0 aliphatic heterocycles. The number of aromatic amines is 1. The number of benzene rings is 1. The molecular formula is C20H19ClFN5O2. The lowest BCUT2D eigenvalue weighted by Gasteiger charge is -2.19. The number of anilines is 4. The van der Waals surface area contributed by atoms with Crippen LogP contribution >= 0.6 is 11.6 Å². The van der Waals surface area contributed by atoms with Crippen molar-refractivity contribution in [1.29, 1.82) is 0 Å². The first-order valence-electron chi connectivity index (χ1n) is 8.65. The summed E-state index contributed by atoms with van der Waals surface area (Å²) in [5.74, 6) is 0.0743. The quantitative estimate of drug-likeness (QED) is 0.586. The molecule has 0 spiro atoms. The van der Waals surface area contributed by atoms with Gasteiger partial charge in [-0.15, -0.1) is 0 Å². The van der Waals surface area contributed by atoms with E-state index in [1.165, 1.54) is 31.3 Å². The van der Waals surface area contributed by atoms with Crippen molar-refractivity contribution in [2.24, 2.45) is 0 Å². The zero-order chi connectivity index (χ0) is 21.1. The van der Waals surface area contributed by atoms with Crippen LogP contribution in [0, 0.1) is 5.82 Å². The molecule has 2 aromatic heterocycles. The van der Waals surface area contributed by atoms with Crippen molar-refractivity contribution in [1.82, 2.24) is 9.97 Å². The van der Waals surface area contributed by atoms with E-state index in [9.17, 15) is 14.0 Å². The summed E-state index contributed by atoms with van der Waals surface area (Å²) in [7, 11) is 3.54. The van der Waals surface area contributed by atoms with Gasteiger partial charge in [-0.2, -0.15) is 0 Å². The zero-order valence-corrected chi connectivity index (χ0v) is 16.8. The Kier molecular flexibility index (Phi) is 5.84. The molecule has 150 valence electrons. The summed E-state index contributed by atoms with van der Waals surface area (Å²) in [4.78, 5) is 32.4. The van der Waals surface area contributed by atoms with Gasteiger partial charge in [0.1, 0.15) is 17.5 Å². The number of amides is 1. The van der Waals surface area contributed by atoms with Crippen molar-refractivity contribution < 1.29 is 9.18 Å². The van der Waals surface area contributed by atoms with Gasteiger partial charge in [-0.3, -0.25) is 9.59 Å². The van der Waals surface area contributed by atoms with Crippen LogP contribution in [-0.2, 0) is 4.79 Å². The first kappa shape index (κ1) is 20.3. The second-order valence-electron chi connectivity index (χ2n) is 6.53. The highest BCUT2D eigenvalue weighted by Crippen LogP contribution is 2.31.